The number of carbonyl (C=O) groups is 2. The molecule has 2 aliphatic rings. The second-order valence-electron chi connectivity index (χ2n) is 11.4. The topological polar surface area (TPSA) is 123 Å². The average Bonchev–Trinajstić information content (AvgIpc) is 2.91. The first-order valence-electron chi connectivity index (χ1n) is 13.4. The normalized spacial score (nSPS) is 20.1. The van der Waals surface area contributed by atoms with Gasteiger partial charge in [0.15, 0.2) is 5.82 Å². The van der Waals surface area contributed by atoms with E-state index in [2.05, 4.69) is 21.4 Å². The van der Waals surface area contributed by atoms with Gasteiger partial charge in [-0.3, -0.25) is 14.4 Å². The minimum atomic E-state index is -4.85. The third kappa shape index (κ3) is 7.41. The lowest BCUT2D eigenvalue weighted by atomic mass is 9.88. The molecule has 1 saturated heterocycles. The maximum Gasteiger partial charge on any atom is 0.427 e. The largest absolute Gasteiger partial charge is 0.484 e. The molecule has 0 aromatic heterocycles. The Labute approximate surface area is 257 Å². The van der Waals surface area contributed by atoms with Gasteiger partial charge in [-0.25, -0.2) is 13.2 Å². The number of fused-ring (bicyclic) bond motifs is 1. The van der Waals surface area contributed by atoms with E-state index in [1.165, 1.54) is 12.1 Å². The van der Waals surface area contributed by atoms with Crippen LogP contribution in [0.25, 0.3) is 0 Å². The van der Waals surface area contributed by atoms with E-state index in [-0.39, 0.29) is 42.0 Å². The summed E-state index contributed by atoms with van der Waals surface area (Å²) in [5.41, 5.74) is -3.51. The predicted octanol–water partition coefficient (Wildman–Crippen LogP) is 5.25. The minimum Gasteiger partial charge on any atom is -0.484 e. The lowest BCUT2D eigenvalue weighted by Crippen LogP contribution is -2.50. The molecule has 0 radical (unpaired) electrons. The number of anilines is 2. The second kappa shape index (κ2) is 12.1. The third-order valence-electron chi connectivity index (χ3n) is 7.07. The van der Waals surface area contributed by atoms with Crippen LogP contribution in [0.2, 0.25) is 5.02 Å². The first-order chi connectivity index (χ1) is 20.3. The molecule has 2 N–H and O–H groups in total. The summed E-state index contributed by atoms with van der Waals surface area (Å²) in [4.78, 5) is 24.7. The lowest BCUT2D eigenvalue weighted by molar-refractivity contribution is -0.242. The highest BCUT2D eigenvalue weighted by Crippen LogP contribution is 2.40. The van der Waals surface area contributed by atoms with E-state index in [0.29, 0.717) is 33.3 Å². The molecule has 0 bridgehead atoms. The molecule has 0 aliphatic carbocycles. The van der Waals surface area contributed by atoms with Crippen molar-refractivity contribution in [2.45, 2.75) is 68.9 Å². The number of alkyl halides is 3. The molecule has 0 saturated carbocycles. The van der Waals surface area contributed by atoms with Crippen molar-refractivity contribution in [3.8, 4) is 5.75 Å². The number of nitrogens with zero attached hydrogens (tertiary/aromatic N) is 1. The SMILES string of the molecule is CC1(C)CC(C(=O)NCC2CN(S(=O)(=O)c3c#cc(F)c(Cl)c3)c3cc(NC(=O)OC(C)(C)C(F)(F)F)ccc3O2)CCO1. The zero-order valence-electron chi connectivity index (χ0n) is 24.1. The summed E-state index contributed by atoms with van der Waals surface area (Å²) in [5.74, 6) is -1.58. The fourth-order valence-corrected chi connectivity index (χ4v) is 6.29. The van der Waals surface area contributed by atoms with Crippen molar-refractivity contribution in [3.05, 3.63) is 47.2 Å². The number of hydrogen-bond acceptors (Lipinski definition) is 7. The molecule has 2 aromatic carbocycles. The van der Waals surface area contributed by atoms with E-state index >= 15 is 0 Å². The van der Waals surface area contributed by atoms with Crippen LogP contribution >= 0.6 is 11.6 Å². The van der Waals surface area contributed by atoms with Gasteiger partial charge in [0.25, 0.3) is 10.0 Å². The number of sulfonamides is 1. The van der Waals surface area contributed by atoms with Crippen LogP contribution in [-0.4, -0.2) is 63.6 Å². The Balaban J connectivity index is 1.60. The number of rotatable bonds is 7. The van der Waals surface area contributed by atoms with Gasteiger partial charge in [0.2, 0.25) is 11.5 Å². The molecule has 2 atom stereocenters. The van der Waals surface area contributed by atoms with E-state index in [1.807, 2.05) is 19.9 Å². The van der Waals surface area contributed by atoms with Gasteiger partial charge in [0.1, 0.15) is 16.7 Å². The van der Waals surface area contributed by atoms with Gasteiger partial charge in [-0.1, -0.05) is 11.6 Å². The van der Waals surface area contributed by atoms with Crippen molar-refractivity contribution < 1.29 is 49.8 Å². The number of amides is 2. The Morgan fingerprint density at radius 2 is 1.91 bits per heavy atom. The Hall–Kier alpha value is -3.48. The Bertz CT molecular complexity index is 1540. The predicted molar refractivity (Wildman–Crippen MR) is 150 cm³/mol. The van der Waals surface area contributed by atoms with Gasteiger partial charge >= 0.3 is 12.3 Å². The Morgan fingerprint density at radius 1 is 1.20 bits per heavy atom. The van der Waals surface area contributed by atoms with Gasteiger partial charge < -0.3 is 19.5 Å². The van der Waals surface area contributed by atoms with E-state index in [4.69, 9.17) is 21.1 Å². The Morgan fingerprint density at radius 3 is 2.55 bits per heavy atom. The number of hydrogen-bond donors (Lipinski definition) is 2. The molecule has 2 heterocycles. The van der Waals surface area contributed by atoms with Crippen LogP contribution in [-0.2, 0) is 24.3 Å². The molecule has 0 spiro atoms. The second-order valence-corrected chi connectivity index (χ2v) is 13.7. The molecule has 2 unspecified atom stereocenters. The van der Waals surface area contributed by atoms with Crippen LogP contribution < -0.4 is 19.7 Å². The number of benzene rings is 1. The highest BCUT2D eigenvalue weighted by Gasteiger charge is 2.51. The van der Waals surface area contributed by atoms with Crippen LogP contribution in [0.5, 0.6) is 5.75 Å². The quantitative estimate of drug-likeness (QED) is 0.388. The summed E-state index contributed by atoms with van der Waals surface area (Å²) in [6.45, 7) is 5.08. The maximum atomic E-state index is 13.8. The van der Waals surface area contributed by atoms with Gasteiger partial charge in [-0.15, -0.1) is 0 Å². The molecular formula is C28H30ClF4N3O7S. The van der Waals surface area contributed by atoms with Crippen molar-refractivity contribution in [2.24, 2.45) is 5.92 Å². The lowest BCUT2D eigenvalue weighted by Gasteiger charge is -2.37. The van der Waals surface area contributed by atoms with Gasteiger partial charge in [-0.05, 0) is 76.9 Å². The summed E-state index contributed by atoms with van der Waals surface area (Å²) in [7, 11) is -4.52. The summed E-state index contributed by atoms with van der Waals surface area (Å²) in [6, 6.07) is 8.79. The van der Waals surface area contributed by atoms with Crippen molar-refractivity contribution in [2.75, 3.05) is 29.3 Å². The van der Waals surface area contributed by atoms with Crippen LogP contribution in [0.4, 0.5) is 33.7 Å². The molecular weight excluding hydrogens is 634 g/mol. The van der Waals surface area contributed by atoms with E-state index in [0.717, 1.165) is 16.4 Å². The zero-order valence-corrected chi connectivity index (χ0v) is 25.7. The standard InChI is InChI=1S/C28H30ClF4N3O7S/c1-26(2)13-16(9-10-41-26)24(37)34-14-18-15-36(44(39,40)19-6-7-21(30)20(29)12-19)22-11-17(5-8-23(22)42-18)35-25(38)43-27(3,4)28(31,32)33/h5,8,11-12,16,18H,9-10,13-15H2,1-4H3,(H,34,37)(H,35,38). The van der Waals surface area contributed by atoms with Crippen LogP contribution in [0.15, 0.2) is 29.2 Å². The molecule has 2 aromatic rings. The summed E-state index contributed by atoms with van der Waals surface area (Å²) >= 11 is 5.80. The molecule has 10 nitrogen and oxygen atoms in total. The number of carbonyl (C=O) groups excluding carboxylic acids is 2. The third-order valence-corrected chi connectivity index (χ3v) is 9.05. The van der Waals surface area contributed by atoms with Crippen LogP contribution in [0.3, 0.4) is 0 Å². The number of ether oxygens (including phenoxy) is 3. The van der Waals surface area contributed by atoms with E-state index in [9.17, 15) is 35.6 Å². The van der Waals surface area contributed by atoms with Crippen molar-refractivity contribution >= 4 is 45.0 Å². The maximum absolute atomic E-state index is 13.8. The Kier molecular flexibility index (Phi) is 9.21. The average molecular weight is 664 g/mol. The van der Waals surface area contributed by atoms with Gasteiger partial charge in [0.05, 0.1) is 29.4 Å². The summed E-state index contributed by atoms with van der Waals surface area (Å²) in [5, 5.41) is 4.43. The summed E-state index contributed by atoms with van der Waals surface area (Å²) in [6.07, 6.45) is -6.19. The minimum absolute atomic E-state index is 0.0120. The smallest absolute Gasteiger partial charge is 0.427 e. The zero-order chi connectivity index (χ0) is 32.7. The van der Waals surface area contributed by atoms with E-state index < -0.39 is 55.3 Å². The molecule has 240 valence electrons. The number of nitrogens with one attached hydrogen (secondary N) is 2. The molecule has 4 rings (SSSR count). The van der Waals surface area contributed by atoms with Gasteiger partial charge in [0, 0.05) is 18.2 Å². The van der Waals surface area contributed by atoms with E-state index in [1.54, 1.807) is 0 Å². The molecule has 2 aliphatic heterocycles. The summed E-state index contributed by atoms with van der Waals surface area (Å²) < 4.78 is 97.8. The van der Waals surface area contributed by atoms with Crippen molar-refractivity contribution in [3.63, 3.8) is 0 Å². The first-order valence-corrected chi connectivity index (χ1v) is 15.2. The fraction of sp³-hybridized carbons (Fsp3) is 0.500. The molecule has 2 amide bonds. The fourth-order valence-electron chi connectivity index (χ4n) is 4.62. The van der Waals surface area contributed by atoms with Gasteiger partial charge in [-0.2, -0.15) is 17.6 Å². The van der Waals surface area contributed by atoms with Crippen molar-refractivity contribution in [1.29, 1.82) is 0 Å². The van der Waals surface area contributed by atoms with Crippen LogP contribution in [0, 0.1) is 23.9 Å². The highest BCUT2D eigenvalue weighted by molar-refractivity contribution is 7.92. The van der Waals surface area contributed by atoms with Crippen molar-refractivity contribution in [1.82, 2.24) is 5.32 Å². The first kappa shape index (κ1) is 33.4. The van der Waals surface area contributed by atoms with Crippen LogP contribution in [0.1, 0.15) is 40.5 Å². The monoisotopic (exact) mass is 663 g/mol. The highest BCUT2D eigenvalue weighted by atomic mass is 35.5. The molecule has 1 fully saturated rings. The number of halogens is 5. The molecule has 44 heavy (non-hydrogen) atoms. The molecule has 16 heteroatoms.